The molecule has 21 atom stereocenters. The Morgan fingerprint density at radius 2 is 1.21 bits per heavy atom. The van der Waals surface area contributed by atoms with Crippen LogP contribution in [-0.2, 0) is 57.1 Å². The first kappa shape index (κ1) is 47.3. The van der Waals surface area contributed by atoms with Crippen LogP contribution in [-0.4, -0.2) is 231 Å². The smallest absolute Gasteiger partial charge is 0.364 e. The normalized spacial score (nSPS) is 44.4. The summed E-state index contributed by atoms with van der Waals surface area (Å²) in [5.74, 6) is -10.7. The van der Waals surface area contributed by atoms with Gasteiger partial charge in [0.05, 0.1) is 24.9 Å². The number of aliphatic hydroxyl groups is 10. The Morgan fingerprint density at radius 1 is 0.690 bits per heavy atom. The highest BCUT2D eigenvalue weighted by molar-refractivity contribution is 5.76. The molecule has 27 nitrogen and oxygen atoms in total. The Morgan fingerprint density at radius 3 is 1.74 bits per heavy atom. The van der Waals surface area contributed by atoms with Gasteiger partial charge in [0.1, 0.15) is 73.2 Å². The molecule has 0 aromatic rings. The van der Waals surface area contributed by atoms with Crippen molar-refractivity contribution >= 4 is 29.7 Å². The van der Waals surface area contributed by atoms with Crippen LogP contribution in [0.2, 0.25) is 0 Å². The van der Waals surface area contributed by atoms with Gasteiger partial charge in [-0.15, -0.1) is 0 Å². The predicted octanol–water partition coefficient (Wildman–Crippen LogP) is -9.04. The van der Waals surface area contributed by atoms with Crippen molar-refractivity contribution < 1.29 is 124 Å². The summed E-state index contributed by atoms with van der Waals surface area (Å²) in [6, 6.07) is -3.48. The van der Waals surface area contributed by atoms with Gasteiger partial charge in [0.25, 0.3) is 5.79 Å². The maximum Gasteiger partial charge on any atom is 0.364 e. The van der Waals surface area contributed by atoms with Crippen LogP contribution in [0.15, 0.2) is 0 Å². The van der Waals surface area contributed by atoms with Gasteiger partial charge in [-0.05, 0) is 6.92 Å². The Hall–Kier alpha value is -3.33. The van der Waals surface area contributed by atoms with E-state index in [2.05, 4.69) is 10.6 Å². The lowest BCUT2D eigenvalue weighted by Gasteiger charge is -2.50. The number of aliphatic carboxylic acids is 3. The SMILES string of the molecule is CC(=O)N[C@H]1[C@H](O[C@@H]2[C@H](O)[C@@H](O)[C@@H](O[C@H]3CC(O)(C(=O)O)O[C@@H]([C@H](O)[C@H](O)CO)[C@@H]3NC(C)=O)O[C@@H]2C(=O)O)O[C@H](C)[C@@H](O)[C@@H]1O[C@@H]1O[C@H](C(=O)O)[C@H](O)[C@H](O)[C@H]1O. The third-order valence-electron chi connectivity index (χ3n) is 9.86. The van der Waals surface area contributed by atoms with Gasteiger partial charge in [-0.1, -0.05) is 0 Å². The largest absolute Gasteiger partial charge is 0.479 e. The molecule has 27 heteroatoms. The van der Waals surface area contributed by atoms with Crippen LogP contribution in [0, 0.1) is 0 Å². The maximum atomic E-state index is 12.6. The molecule has 58 heavy (non-hydrogen) atoms. The first-order valence-corrected chi connectivity index (χ1v) is 17.6. The molecule has 4 saturated heterocycles. The molecule has 0 aliphatic carbocycles. The lowest BCUT2D eigenvalue weighted by Crippen LogP contribution is -2.70. The molecule has 4 aliphatic heterocycles. The summed E-state index contributed by atoms with van der Waals surface area (Å²) in [4.78, 5) is 60.8. The van der Waals surface area contributed by atoms with E-state index >= 15 is 0 Å². The van der Waals surface area contributed by atoms with E-state index in [9.17, 15) is 90.4 Å². The zero-order valence-electron chi connectivity index (χ0n) is 30.7. The maximum absolute atomic E-state index is 12.6. The molecule has 0 saturated carbocycles. The van der Waals surface area contributed by atoms with Gasteiger partial charge in [-0.25, -0.2) is 14.4 Å². The number of ether oxygens (including phenoxy) is 7. The standard InChI is InChI=1S/C31H48N2O25/c1-6-13(38)20(54-29-18(43)15(40)16(41)23(56-29)25(45)46)12(33-8(3)36)27(52-6)55-22-17(42)19(44)28(57-24(22)26(47)48)53-10-4-31(51,30(49)50)58-21(11(10)32-7(2)35)14(39)9(37)5-34/h6,9-24,27-29,34,37-44,51H,4-5H2,1-3H3,(H,32,35)(H,33,36)(H,45,46)(H,47,48)(H,49,50)/t6-,9-,10+,11-,12-,13-,14-,15+,16-,17-,18-,19-,20-,21-,22-,23+,24+,27+,28+,29-,31?/m1/s1. The van der Waals surface area contributed by atoms with Gasteiger partial charge in [0.2, 0.25) is 11.8 Å². The highest BCUT2D eigenvalue weighted by Gasteiger charge is 2.59. The Kier molecular flexibility index (Phi) is 15.5. The zero-order chi connectivity index (χ0) is 43.7. The zero-order valence-corrected chi connectivity index (χ0v) is 30.7. The first-order valence-electron chi connectivity index (χ1n) is 17.6. The lowest BCUT2D eigenvalue weighted by molar-refractivity contribution is -0.366. The number of hydrogen-bond donors (Lipinski definition) is 15. The molecule has 0 aromatic heterocycles. The second kappa shape index (κ2) is 18.9. The summed E-state index contributed by atoms with van der Waals surface area (Å²) in [5.41, 5.74) is 0. The molecule has 1 unspecified atom stereocenters. The highest BCUT2D eigenvalue weighted by atomic mass is 16.8. The molecular formula is C31H48N2O25. The van der Waals surface area contributed by atoms with Gasteiger partial charge >= 0.3 is 17.9 Å². The van der Waals surface area contributed by atoms with E-state index in [1.165, 1.54) is 6.92 Å². The topological polar surface area (TPSA) is 437 Å². The number of carboxylic acids is 3. The highest BCUT2D eigenvalue weighted by Crippen LogP contribution is 2.37. The summed E-state index contributed by atoms with van der Waals surface area (Å²) in [6.45, 7) is 2.04. The number of carbonyl (C=O) groups is 5. The van der Waals surface area contributed by atoms with Crippen LogP contribution < -0.4 is 10.6 Å². The second-order valence-electron chi connectivity index (χ2n) is 14.1. The minimum atomic E-state index is -3.24. The fourth-order valence-corrected chi connectivity index (χ4v) is 6.87. The number of rotatable bonds is 14. The third kappa shape index (κ3) is 9.99. The molecule has 332 valence electrons. The third-order valence-corrected chi connectivity index (χ3v) is 9.86. The Bertz CT molecular complexity index is 1490. The van der Waals surface area contributed by atoms with E-state index in [1.54, 1.807) is 0 Å². The van der Waals surface area contributed by atoms with Crippen LogP contribution >= 0.6 is 0 Å². The van der Waals surface area contributed by atoms with Gasteiger partial charge in [0, 0.05) is 20.3 Å². The van der Waals surface area contributed by atoms with E-state index in [-0.39, 0.29) is 0 Å². The van der Waals surface area contributed by atoms with Crippen molar-refractivity contribution in [3.8, 4) is 0 Å². The van der Waals surface area contributed by atoms with E-state index in [4.69, 9.17) is 33.2 Å². The van der Waals surface area contributed by atoms with Crippen LogP contribution in [0.25, 0.3) is 0 Å². The molecule has 0 radical (unpaired) electrons. The minimum Gasteiger partial charge on any atom is -0.479 e. The molecule has 15 N–H and O–H groups in total. The van der Waals surface area contributed by atoms with Crippen molar-refractivity contribution in [1.82, 2.24) is 10.6 Å². The lowest BCUT2D eigenvalue weighted by atomic mass is 9.88. The molecule has 0 bridgehead atoms. The van der Waals surface area contributed by atoms with E-state index in [0.29, 0.717) is 0 Å². The van der Waals surface area contributed by atoms with E-state index < -0.39 is 171 Å². The molecule has 0 spiro atoms. The predicted molar refractivity (Wildman–Crippen MR) is 174 cm³/mol. The summed E-state index contributed by atoms with van der Waals surface area (Å²) >= 11 is 0. The molecule has 4 aliphatic rings. The fraction of sp³-hybridized carbons (Fsp3) is 0.839. The van der Waals surface area contributed by atoms with Gasteiger partial charge in [-0.3, -0.25) is 9.59 Å². The average molecular weight is 849 g/mol. The Balaban J connectivity index is 1.64. The number of aliphatic hydroxyl groups excluding tert-OH is 9. The molecule has 4 fully saturated rings. The van der Waals surface area contributed by atoms with Crippen molar-refractivity contribution in [2.45, 2.75) is 155 Å². The molecule has 4 rings (SSSR count). The molecule has 4 heterocycles. The van der Waals surface area contributed by atoms with Gasteiger partial charge in [0.15, 0.2) is 31.1 Å². The van der Waals surface area contributed by atoms with Crippen molar-refractivity contribution in [3.05, 3.63) is 0 Å². The average Bonchev–Trinajstić information content (AvgIpc) is 3.14. The number of carboxylic acid groups (broad SMARTS) is 3. The second-order valence-corrected chi connectivity index (χ2v) is 14.1. The van der Waals surface area contributed by atoms with E-state index in [1.807, 2.05) is 0 Å². The van der Waals surface area contributed by atoms with E-state index in [0.717, 1.165) is 13.8 Å². The number of hydrogen-bond acceptors (Lipinski definition) is 22. The van der Waals surface area contributed by atoms with Crippen molar-refractivity contribution in [2.75, 3.05) is 6.61 Å². The van der Waals surface area contributed by atoms with Crippen molar-refractivity contribution in [3.63, 3.8) is 0 Å². The number of carbonyl (C=O) groups excluding carboxylic acids is 2. The Labute approximate surface area is 326 Å². The quantitative estimate of drug-likeness (QED) is 0.0771. The minimum absolute atomic E-state index is 0.869. The van der Waals surface area contributed by atoms with Gasteiger partial charge in [-0.2, -0.15) is 0 Å². The van der Waals surface area contributed by atoms with Crippen LogP contribution in [0.1, 0.15) is 27.2 Å². The van der Waals surface area contributed by atoms with Crippen LogP contribution in [0.3, 0.4) is 0 Å². The number of nitrogens with one attached hydrogen (secondary N) is 2. The fourth-order valence-electron chi connectivity index (χ4n) is 6.87. The summed E-state index contributed by atoms with van der Waals surface area (Å²) in [5, 5.41) is 139. The molecule has 0 aromatic carbocycles. The summed E-state index contributed by atoms with van der Waals surface area (Å²) < 4.78 is 38.4. The summed E-state index contributed by atoms with van der Waals surface area (Å²) in [7, 11) is 0. The van der Waals surface area contributed by atoms with Gasteiger partial charge < -0.3 is 110 Å². The number of amides is 2. The van der Waals surface area contributed by atoms with Crippen LogP contribution in [0.5, 0.6) is 0 Å². The molecule has 2 amide bonds. The van der Waals surface area contributed by atoms with Crippen molar-refractivity contribution in [1.29, 1.82) is 0 Å². The monoisotopic (exact) mass is 848 g/mol. The van der Waals surface area contributed by atoms with Crippen LogP contribution in [0.4, 0.5) is 0 Å². The molecular weight excluding hydrogens is 800 g/mol. The first-order chi connectivity index (χ1) is 26.9. The summed E-state index contributed by atoms with van der Waals surface area (Å²) in [6.07, 6.45) is -38.5. The van der Waals surface area contributed by atoms with Crippen molar-refractivity contribution in [2.24, 2.45) is 0 Å².